The van der Waals surface area contributed by atoms with E-state index in [1.807, 2.05) is 56.3 Å². The van der Waals surface area contributed by atoms with E-state index in [-0.39, 0.29) is 31.0 Å². The van der Waals surface area contributed by atoms with Crippen molar-refractivity contribution in [3.05, 3.63) is 98.4 Å². The second-order valence-corrected chi connectivity index (χ2v) is 10.2. The third kappa shape index (κ3) is 7.99. The third-order valence-corrected chi connectivity index (χ3v) is 7.08. The molecule has 8 heteroatoms. The molecule has 0 aliphatic heterocycles. The molecule has 1 N–H and O–H groups in total. The van der Waals surface area contributed by atoms with Crippen LogP contribution in [0.25, 0.3) is 0 Å². The highest BCUT2D eigenvalue weighted by Gasteiger charge is 2.32. The van der Waals surface area contributed by atoms with E-state index in [0.717, 1.165) is 16.5 Å². The number of nitrogens with one attached hydrogen (secondary N) is 1. The van der Waals surface area contributed by atoms with Crippen LogP contribution >= 0.6 is 39.1 Å². The van der Waals surface area contributed by atoms with Crippen LogP contribution in [0.5, 0.6) is 5.75 Å². The van der Waals surface area contributed by atoms with Gasteiger partial charge < -0.3 is 15.0 Å². The van der Waals surface area contributed by atoms with E-state index < -0.39 is 6.04 Å². The normalized spacial score (nSPS) is 12.5. The van der Waals surface area contributed by atoms with Crippen molar-refractivity contribution >= 4 is 50.9 Å². The zero-order chi connectivity index (χ0) is 26.1. The second kappa shape index (κ2) is 13.7. The van der Waals surface area contributed by atoms with Crippen LogP contribution in [0, 0.1) is 0 Å². The van der Waals surface area contributed by atoms with Crippen LogP contribution in [0.4, 0.5) is 0 Å². The number of hydrogen-bond acceptors (Lipinski definition) is 3. The molecule has 0 unspecified atom stereocenters. The van der Waals surface area contributed by atoms with Crippen LogP contribution in [0.2, 0.25) is 10.0 Å². The van der Waals surface area contributed by atoms with Gasteiger partial charge >= 0.3 is 0 Å². The fraction of sp³-hybridized carbons (Fsp3) is 0.286. The fourth-order valence-electron chi connectivity index (χ4n) is 3.61. The summed E-state index contributed by atoms with van der Waals surface area (Å²) < 4.78 is 6.68. The van der Waals surface area contributed by atoms with Crippen molar-refractivity contribution in [2.24, 2.45) is 0 Å². The lowest BCUT2D eigenvalue weighted by Crippen LogP contribution is -2.53. The summed E-state index contributed by atoms with van der Waals surface area (Å²) in [5.74, 6) is -0.0477. The lowest BCUT2D eigenvalue weighted by atomic mass is 10.0. The smallest absolute Gasteiger partial charge is 0.261 e. The molecule has 5 nitrogen and oxygen atoms in total. The van der Waals surface area contributed by atoms with Crippen LogP contribution < -0.4 is 10.1 Å². The van der Waals surface area contributed by atoms with Crippen molar-refractivity contribution in [1.29, 1.82) is 0 Å². The summed E-state index contributed by atoms with van der Waals surface area (Å²) in [6.45, 7) is 3.75. The Labute approximate surface area is 230 Å². The molecule has 2 amide bonds. The molecule has 0 heterocycles. The Morgan fingerprint density at radius 1 is 0.972 bits per heavy atom. The van der Waals surface area contributed by atoms with Crippen molar-refractivity contribution < 1.29 is 14.3 Å². The van der Waals surface area contributed by atoms with Crippen LogP contribution in [0.1, 0.15) is 31.4 Å². The molecular formula is C28H29BrCl2N2O3. The minimum atomic E-state index is -0.797. The maximum atomic E-state index is 13.6. The molecule has 0 saturated heterocycles. The highest BCUT2D eigenvalue weighted by Crippen LogP contribution is 2.27. The molecule has 36 heavy (non-hydrogen) atoms. The third-order valence-electron chi connectivity index (χ3n) is 5.84. The summed E-state index contributed by atoms with van der Waals surface area (Å²) in [6.07, 6.45) is 1.09. The first-order valence-electron chi connectivity index (χ1n) is 11.7. The van der Waals surface area contributed by atoms with Gasteiger partial charge in [-0.1, -0.05) is 82.5 Å². The van der Waals surface area contributed by atoms with Crippen molar-refractivity contribution in [2.45, 2.75) is 45.3 Å². The van der Waals surface area contributed by atoms with E-state index in [1.54, 1.807) is 30.3 Å². The average molecular weight is 592 g/mol. The van der Waals surface area contributed by atoms with Crippen molar-refractivity contribution in [3.63, 3.8) is 0 Å². The van der Waals surface area contributed by atoms with Crippen LogP contribution in [-0.4, -0.2) is 35.4 Å². The van der Waals surface area contributed by atoms with Gasteiger partial charge in [-0.15, -0.1) is 0 Å². The van der Waals surface area contributed by atoms with Crippen molar-refractivity contribution in [1.82, 2.24) is 10.2 Å². The van der Waals surface area contributed by atoms with Crippen LogP contribution in [0.3, 0.4) is 0 Å². The van der Waals surface area contributed by atoms with Crippen molar-refractivity contribution in [3.8, 4) is 5.75 Å². The Kier molecular flexibility index (Phi) is 10.7. The summed E-state index contributed by atoms with van der Waals surface area (Å²) in [6, 6.07) is 21.1. The molecule has 0 saturated carbocycles. The van der Waals surface area contributed by atoms with E-state index in [4.69, 9.17) is 27.9 Å². The predicted molar refractivity (Wildman–Crippen MR) is 148 cm³/mol. The number of carbonyl (C=O) groups excluding carboxylic acids is 2. The number of benzene rings is 3. The first-order valence-corrected chi connectivity index (χ1v) is 13.3. The molecule has 0 aliphatic carbocycles. The van der Waals surface area contributed by atoms with Gasteiger partial charge in [-0.05, 0) is 55.3 Å². The van der Waals surface area contributed by atoms with Gasteiger partial charge in [0, 0.05) is 39.1 Å². The minimum absolute atomic E-state index is 0.0457. The van der Waals surface area contributed by atoms with Gasteiger partial charge in [-0.3, -0.25) is 9.59 Å². The molecule has 0 fully saturated rings. The van der Waals surface area contributed by atoms with Crippen LogP contribution in [0.15, 0.2) is 77.3 Å². The van der Waals surface area contributed by atoms with Gasteiger partial charge in [0.15, 0.2) is 6.61 Å². The van der Waals surface area contributed by atoms with Crippen LogP contribution in [-0.2, 0) is 22.6 Å². The van der Waals surface area contributed by atoms with Gasteiger partial charge in [0.1, 0.15) is 11.8 Å². The number of nitrogens with zero attached hydrogens (tertiary/aromatic N) is 1. The van der Waals surface area contributed by atoms with Gasteiger partial charge in [-0.2, -0.15) is 0 Å². The second-order valence-electron chi connectivity index (χ2n) is 8.49. The minimum Gasteiger partial charge on any atom is -0.484 e. The SMILES string of the molecule is CC[C@H](C)NC(=O)[C@H](Cc1ccccc1)N(Cc1c(Cl)cccc1Cl)C(=O)COc1ccc(Br)cc1. The fourth-order valence-corrected chi connectivity index (χ4v) is 4.39. The summed E-state index contributed by atoms with van der Waals surface area (Å²) in [4.78, 5) is 28.7. The highest BCUT2D eigenvalue weighted by atomic mass is 79.9. The molecule has 0 aliphatic rings. The number of ether oxygens (including phenoxy) is 1. The molecule has 0 aromatic heterocycles. The largest absolute Gasteiger partial charge is 0.484 e. The Bertz CT molecular complexity index is 1140. The highest BCUT2D eigenvalue weighted by molar-refractivity contribution is 9.10. The van der Waals surface area contributed by atoms with E-state index in [1.165, 1.54) is 4.90 Å². The van der Waals surface area contributed by atoms with Crippen molar-refractivity contribution in [2.75, 3.05) is 6.61 Å². The van der Waals surface area contributed by atoms with Gasteiger partial charge in [0.05, 0.1) is 0 Å². The summed E-state index contributed by atoms with van der Waals surface area (Å²) in [5, 5.41) is 3.89. The number of amides is 2. The molecule has 2 atom stereocenters. The maximum Gasteiger partial charge on any atom is 0.261 e. The number of rotatable bonds is 11. The first-order chi connectivity index (χ1) is 17.3. The standard InChI is InChI=1S/C28H29BrCl2N2O3/c1-3-19(2)32-28(35)26(16-20-8-5-4-6-9-20)33(17-23-24(30)10-7-11-25(23)31)27(34)18-36-22-14-12-21(29)13-15-22/h4-15,19,26H,3,16-18H2,1-2H3,(H,32,35)/t19-,26-/m0/s1. The Hall–Kier alpha value is -2.54. The number of halogens is 3. The van der Waals surface area contributed by atoms with Gasteiger partial charge in [-0.25, -0.2) is 0 Å². The summed E-state index contributed by atoms with van der Waals surface area (Å²) in [5.41, 5.74) is 1.51. The monoisotopic (exact) mass is 590 g/mol. The molecule has 0 bridgehead atoms. The lowest BCUT2D eigenvalue weighted by molar-refractivity contribution is -0.143. The molecule has 0 spiro atoms. The Morgan fingerprint density at radius 2 is 1.61 bits per heavy atom. The molecule has 3 rings (SSSR count). The zero-order valence-electron chi connectivity index (χ0n) is 20.2. The topological polar surface area (TPSA) is 58.6 Å². The van der Waals surface area contributed by atoms with E-state index in [0.29, 0.717) is 27.8 Å². The zero-order valence-corrected chi connectivity index (χ0v) is 23.3. The Morgan fingerprint density at radius 3 is 2.22 bits per heavy atom. The predicted octanol–water partition coefficient (Wildman–Crippen LogP) is 6.69. The quantitative estimate of drug-likeness (QED) is 0.270. The van der Waals surface area contributed by atoms with Gasteiger partial charge in [0.25, 0.3) is 5.91 Å². The summed E-state index contributed by atoms with van der Waals surface area (Å²) >= 11 is 16.3. The molecule has 190 valence electrons. The molecule has 3 aromatic carbocycles. The molecular weight excluding hydrogens is 563 g/mol. The number of carbonyl (C=O) groups is 2. The molecule has 0 radical (unpaired) electrons. The van der Waals surface area contributed by atoms with Gasteiger partial charge in [0.2, 0.25) is 5.91 Å². The summed E-state index contributed by atoms with van der Waals surface area (Å²) in [7, 11) is 0. The Balaban J connectivity index is 1.95. The van der Waals surface area contributed by atoms with E-state index in [2.05, 4.69) is 21.2 Å². The average Bonchev–Trinajstić information content (AvgIpc) is 2.87. The first kappa shape index (κ1) is 28.0. The number of hydrogen-bond donors (Lipinski definition) is 1. The van der Waals surface area contributed by atoms with E-state index in [9.17, 15) is 9.59 Å². The molecule has 3 aromatic rings. The van der Waals surface area contributed by atoms with E-state index >= 15 is 0 Å². The maximum absolute atomic E-state index is 13.6. The lowest BCUT2D eigenvalue weighted by Gasteiger charge is -2.32.